The highest BCUT2D eigenvalue weighted by Crippen LogP contribution is 2.25. The highest BCUT2D eigenvalue weighted by molar-refractivity contribution is 9.10. The number of furan rings is 2. The quantitative estimate of drug-likeness (QED) is 0.391. The Morgan fingerprint density at radius 2 is 1.70 bits per heavy atom. The molecule has 9 heteroatoms. The Bertz CT molecular complexity index is 1270. The van der Waals surface area contributed by atoms with Crippen molar-refractivity contribution in [2.45, 2.75) is 16.5 Å². The summed E-state index contributed by atoms with van der Waals surface area (Å²) in [6.07, 6.45) is 1.56. The lowest BCUT2D eigenvalue weighted by molar-refractivity contribution is 0.0950. The number of pyridine rings is 1. The fourth-order valence-electron chi connectivity index (χ4n) is 2.79. The van der Waals surface area contributed by atoms with E-state index in [9.17, 15) is 13.2 Å². The number of hydrogen-bond donors (Lipinski definition) is 0. The number of carbonyl (C=O) groups excluding carboxylic acids is 1. The third-order valence-corrected chi connectivity index (χ3v) is 6.29. The third-order valence-electron chi connectivity index (χ3n) is 4.22. The van der Waals surface area contributed by atoms with Gasteiger partial charge in [-0.3, -0.25) is 9.69 Å². The molecule has 0 radical (unpaired) electrons. The van der Waals surface area contributed by atoms with E-state index in [1.54, 1.807) is 54.7 Å². The van der Waals surface area contributed by atoms with Crippen LogP contribution in [-0.4, -0.2) is 19.3 Å². The zero-order chi connectivity index (χ0) is 21.1. The van der Waals surface area contributed by atoms with Gasteiger partial charge in [-0.25, -0.2) is 13.4 Å². The molecule has 152 valence electrons. The number of sulfone groups is 1. The van der Waals surface area contributed by atoms with Gasteiger partial charge in [-0.2, -0.15) is 0 Å². The zero-order valence-corrected chi connectivity index (χ0v) is 17.8. The second-order valence-corrected chi connectivity index (χ2v) is 8.88. The first kappa shape index (κ1) is 20.1. The van der Waals surface area contributed by atoms with Gasteiger partial charge in [0.05, 0.1) is 11.4 Å². The van der Waals surface area contributed by atoms with Gasteiger partial charge in [0.2, 0.25) is 14.9 Å². The number of hydrogen-bond acceptors (Lipinski definition) is 6. The Morgan fingerprint density at radius 1 is 0.933 bits per heavy atom. The standard InChI is InChI=1S/C21H15BrN2O5S/c22-18-11-9-15(28-18)14-24(19-8-4-5-13-23-19)21(25)17-10-12-20(29-17)30(26,27)16-6-2-1-3-7-16/h1-13H,14H2. The minimum atomic E-state index is -3.88. The maximum atomic E-state index is 13.2. The molecule has 30 heavy (non-hydrogen) atoms. The van der Waals surface area contributed by atoms with Crippen LogP contribution in [0.25, 0.3) is 0 Å². The molecule has 4 aromatic rings. The SMILES string of the molecule is O=C(c1ccc(S(=O)(=O)c2ccccc2)o1)N(Cc1ccc(Br)o1)c1ccccn1. The van der Waals surface area contributed by atoms with Crippen molar-refractivity contribution in [1.29, 1.82) is 0 Å². The molecule has 7 nitrogen and oxygen atoms in total. The second kappa shape index (κ2) is 8.29. The van der Waals surface area contributed by atoms with Gasteiger partial charge in [0.25, 0.3) is 5.91 Å². The van der Waals surface area contributed by atoms with Crippen LogP contribution in [0, 0.1) is 0 Å². The van der Waals surface area contributed by atoms with E-state index < -0.39 is 15.7 Å². The van der Waals surface area contributed by atoms with E-state index in [0.29, 0.717) is 16.2 Å². The number of rotatable bonds is 6. The van der Waals surface area contributed by atoms with Gasteiger partial charge >= 0.3 is 0 Å². The van der Waals surface area contributed by atoms with Crippen LogP contribution in [0.1, 0.15) is 16.3 Å². The van der Waals surface area contributed by atoms with Crippen molar-refractivity contribution >= 4 is 37.5 Å². The summed E-state index contributed by atoms with van der Waals surface area (Å²) in [6.45, 7) is 0.0862. The number of nitrogens with zero attached hydrogens (tertiary/aromatic N) is 2. The molecule has 0 N–H and O–H groups in total. The van der Waals surface area contributed by atoms with Crippen molar-refractivity contribution in [3.63, 3.8) is 0 Å². The lowest BCUT2D eigenvalue weighted by atomic mass is 10.3. The molecule has 4 rings (SSSR count). The summed E-state index contributed by atoms with van der Waals surface area (Å²) < 4.78 is 37.0. The van der Waals surface area contributed by atoms with Gasteiger partial charge in [-0.15, -0.1) is 0 Å². The molecule has 0 aliphatic rings. The Morgan fingerprint density at radius 3 is 2.37 bits per heavy atom. The summed E-state index contributed by atoms with van der Waals surface area (Å²) >= 11 is 3.24. The maximum absolute atomic E-state index is 13.2. The molecule has 0 spiro atoms. The zero-order valence-electron chi connectivity index (χ0n) is 15.4. The molecular weight excluding hydrogens is 472 g/mol. The van der Waals surface area contributed by atoms with E-state index in [1.165, 1.54) is 29.2 Å². The van der Waals surface area contributed by atoms with Gasteiger partial charge in [0, 0.05) is 6.20 Å². The highest BCUT2D eigenvalue weighted by Gasteiger charge is 2.27. The molecular formula is C21H15BrN2O5S. The largest absolute Gasteiger partial charge is 0.452 e. The molecule has 3 aromatic heterocycles. The van der Waals surface area contributed by atoms with E-state index >= 15 is 0 Å². The fourth-order valence-corrected chi connectivity index (χ4v) is 4.33. The van der Waals surface area contributed by atoms with Crippen molar-refractivity contribution < 1.29 is 22.0 Å². The summed E-state index contributed by atoms with van der Waals surface area (Å²) in [5, 5.41) is -0.307. The Kier molecular flexibility index (Phi) is 5.56. The van der Waals surface area contributed by atoms with Crippen molar-refractivity contribution in [3.8, 4) is 0 Å². The molecule has 1 aromatic carbocycles. The number of aromatic nitrogens is 1. The summed E-state index contributed by atoms with van der Waals surface area (Å²) in [5.41, 5.74) is 0. The lowest BCUT2D eigenvalue weighted by Gasteiger charge is -2.19. The van der Waals surface area contributed by atoms with Crippen molar-refractivity contribution in [2.75, 3.05) is 4.90 Å². The number of amides is 1. The van der Waals surface area contributed by atoms with Crippen LogP contribution in [0.3, 0.4) is 0 Å². The van der Waals surface area contributed by atoms with E-state index in [-0.39, 0.29) is 22.3 Å². The van der Waals surface area contributed by atoms with Gasteiger partial charge < -0.3 is 8.83 Å². The smallest absolute Gasteiger partial charge is 0.295 e. The number of carbonyl (C=O) groups is 1. The first-order valence-electron chi connectivity index (χ1n) is 8.82. The Hall–Kier alpha value is -3.17. The van der Waals surface area contributed by atoms with Crippen LogP contribution in [0.4, 0.5) is 5.82 Å². The molecule has 0 fully saturated rings. The maximum Gasteiger partial charge on any atom is 0.295 e. The monoisotopic (exact) mass is 486 g/mol. The third kappa shape index (κ3) is 4.07. The molecule has 3 heterocycles. The van der Waals surface area contributed by atoms with Gasteiger partial charge in [-0.05, 0) is 64.5 Å². The van der Waals surface area contributed by atoms with E-state index in [4.69, 9.17) is 8.83 Å². The average molecular weight is 487 g/mol. The van der Waals surface area contributed by atoms with E-state index in [0.717, 1.165) is 0 Å². The molecule has 0 aliphatic carbocycles. The Balaban J connectivity index is 1.67. The summed E-state index contributed by atoms with van der Waals surface area (Å²) in [6, 6.07) is 19.1. The molecule has 1 amide bonds. The van der Waals surface area contributed by atoms with Gasteiger partial charge in [-0.1, -0.05) is 24.3 Å². The Labute approximate surface area is 181 Å². The molecule has 0 saturated heterocycles. The summed E-state index contributed by atoms with van der Waals surface area (Å²) in [4.78, 5) is 18.8. The van der Waals surface area contributed by atoms with Crippen molar-refractivity contribution in [3.05, 3.63) is 95.2 Å². The molecule has 0 saturated carbocycles. The number of benzene rings is 1. The van der Waals surface area contributed by atoms with Crippen LogP contribution in [-0.2, 0) is 16.4 Å². The molecule has 0 bridgehead atoms. The molecule has 0 unspecified atom stereocenters. The highest BCUT2D eigenvalue weighted by atomic mass is 79.9. The average Bonchev–Trinajstić information content (AvgIpc) is 3.42. The van der Waals surface area contributed by atoms with Crippen LogP contribution in [0.15, 0.2) is 102 Å². The first-order valence-corrected chi connectivity index (χ1v) is 11.1. The minimum absolute atomic E-state index is 0.0837. The topological polar surface area (TPSA) is 93.6 Å². The summed E-state index contributed by atoms with van der Waals surface area (Å²) in [7, 11) is -3.88. The number of halogens is 1. The summed E-state index contributed by atoms with van der Waals surface area (Å²) in [5.74, 6) is 0.222. The van der Waals surface area contributed by atoms with Crippen molar-refractivity contribution in [1.82, 2.24) is 4.98 Å². The van der Waals surface area contributed by atoms with E-state index in [1.807, 2.05) is 0 Å². The van der Waals surface area contributed by atoms with Crippen molar-refractivity contribution in [2.24, 2.45) is 0 Å². The predicted molar refractivity (Wildman–Crippen MR) is 112 cm³/mol. The predicted octanol–water partition coefficient (Wildman–Crippen LogP) is 4.71. The molecule has 0 atom stereocenters. The minimum Gasteiger partial charge on any atom is -0.452 e. The van der Waals surface area contributed by atoms with Crippen LogP contribution < -0.4 is 4.90 Å². The lowest BCUT2D eigenvalue weighted by Crippen LogP contribution is -2.30. The van der Waals surface area contributed by atoms with Crippen LogP contribution in [0.2, 0.25) is 0 Å². The molecule has 0 aliphatic heterocycles. The van der Waals surface area contributed by atoms with Crippen LogP contribution >= 0.6 is 15.9 Å². The van der Waals surface area contributed by atoms with Gasteiger partial charge in [0.1, 0.15) is 11.6 Å². The van der Waals surface area contributed by atoms with Gasteiger partial charge in [0.15, 0.2) is 10.4 Å². The normalized spacial score (nSPS) is 11.4. The van der Waals surface area contributed by atoms with Crippen LogP contribution in [0.5, 0.6) is 0 Å². The second-order valence-electron chi connectivity index (χ2n) is 6.22. The first-order chi connectivity index (χ1) is 14.4. The fraction of sp³-hybridized carbons (Fsp3) is 0.0476. The van der Waals surface area contributed by atoms with E-state index in [2.05, 4.69) is 20.9 Å². The number of anilines is 1.